The number of aromatic nitrogens is 2. The number of unbranched alkanes of at least 4 members (excludes halogenated alkanes) is 1. The van der Waals surface area contributed by atoms with Crippen LogP contribution in [0.1, 0.15) is 12.8 Å². The first-order valence-corrected chi connectivity index (χ1v) is 12.3. The summed E-state index contributed by atoms with van der Waals surface area (Å²) < 4.78 is 27.9. The zero-order valence-electron chi connectivity index (χ0n) is 21.2. The summed E-state index contributed by atoms with van der Waals surface area (Å²) in [5, 5.41) is 15.2. The lowest BCUT2D eigenvalue weighted by atomic mass is 10.2. The van der Waals surface area contributed by atoms with Gasteiger partial charge < -0.3 is 34.3 Å². The molecule has 0 atom stereocenters. The number of hydrogen-bond donors (Lipinski definition) is 4. The van der Waals surface area contributed by atoms with Crippen molar-refractivity contribution < 1.29 is 23.7 Å². The number of aromatic amines is 2. The van der Waals surface area contributed by atoms with Gasteiger partial charge in [0.25, 0.3) is 0 Å². The predicted molar refractivity (Wildman–Crippen MR) is 142 cm³/mol. The molecule has 9 heteroatoms. The van der Waals surface area contributed by atoms with Crippen LogP contribution < -0.4 is 24.8 Å². The van der Waals surface area contributed by atoms with Crippen LogP contribution in [-0.4, -0.2) is 71.0 Å². The zero-order valence-corrected chi connectivity index (χ0v) is 21.2. The zero-order chi connectivity index (χ0) is 25.2. The smallest absolute Gasteiger partial charge is 0.161 e. The minimum atomic E-state index is 0.476. The number of anilines is 2. The molecule has 0 saturated carbocycles. The molecule has 0 radical (unpaired) electrons. The fourth-order valence-electron chi connectivity index (χ4n) is 4.08. The second-order valence-corrected chi connectivity index (χ2v) is 8.39. The molecule has 36 heavy (non-hydrogen) atoms. The number of nitrogens with one attached hydrogen (secondary N) is 4. The van der Waals surface area contributed by atoms with Crippen LogP contribution in [0.15, 0.2) is 42.5 Å². The molecule has 2 aliphatic rings. The third-order valence-corrected chi connectivity index (χ3v) is 5.91. The van der Waals surface area contributed by atoms with Crippen LogP contribution >= 0.6 is 0 Å². The number of ether oxygens (including phenoxy) is 5. The number of hydrogen-bond acceptors (Lipinski definition) is 7. The largest absolute Gasteiger partial charge is 0.493 e. The first-order valence-electron chi connectivity index (χ1n) is 12.3. The van der Waals surface area contributed by atoms with Crippen molar-refractivity contribution >= 4 is 22.3 Å². The Morgan fingerprint density at radius 3 is 2.39 bits per heavy atom. The van der Waals surface area contributed by atoms with E-state index in [2.05, 4.69) is 26.9 Å². The third kappa shape index (κ3) is 6.42. The van der Waals surface area contributed by atoms with Crippen molar-refractivity contribution in [2.75, 3.05) is 66.2 Å². The summed E-state index contributed by atoms with van der Waals surface area (Å²) in [5.41, 5.74) is 2.96. The predicted octanol–water partition coefficient (Wildman–Crippen LogP) is 4.77. The SMILES string of the molecule is CNCCCCOCCOCCOc1cccc(Nc2[nH][nH]c3c4cc(OC)c(OC)cc4cc2-3)c1. The Bertz CT molecular complexity index is 1190. The Balaban J connectivity index is 1.26. The Morgan fingerprint density at radius 2 is 1.58 bits per heavy atom. The second kappa shape index (κ2) is 13.1. The van der Waals surface area contributed by atoms with Gasteiger partial charge in [0.2, 0.25) is 0 Å². The summed E-state index contributed by atoms with van der Waals surface area (Å²) >= 11 is 0. The Morgan fingerprint density at radius 1 is 0.806 bits per heavy atom. The Hall–Kier alpha value is -3.40. The summed E-state index contributed by atoms with van der Waals surface area (Å²) in [4.78, 5) is 0. The van der Waals surface area contributed by atoms with Gasteiger partial charge >= 0.3 is 0 Å². The molecular formula is C27H36N4O5. The number of fused-ring (bicyclic) bond motifs is 3. The van der Waals surface area contributed by atoms with Crippen LogP contribution in [-0.2, 0) is 9.47 Å². The van der Waals surface area contributed by atoms with Crippen LogP contribution in [0.25, 0.3) is 22.0 Å². The molecule has 4 N–H and O–H groups in total. The molecule has 9 nitrogen and oxygen atoms in total. The molecule has 0 saturated heterocycles. The maximum absolute atomic E-state index is 5.87. The van der Waals surface area contributed by atoms with Gasteiger partial charge in [-0.15, -0.1) is 0 Å². The topological polar surface area (TPSA) is 102 Å². The van der Waals surface area contributed by atoms with E-state index in [4.69, 9.17) is 23.7 Å². The van der Waals surface area contributed by atoms with Crippen LogP contribution in [0.3, 0.4) is 0 Å². The van der Waals surface area contributed by atoms with E-state index in [0.29, 0.717) is 37.9 Å². The molecule has 0 bridgehead atoms. The molecule has 2 aromatic rings. The van der Waals surface area contributed by atoms with E-state index >= 15 is 0 Å². The number of benzene rings is 2. The van der Waals surface area contributed by atoms with E-state index in [1.807, 2.05) is 43.4 Å². The lowest BCUT2D eigenvalue weighted by Crippen LogP contribution is -2.12. The van der Waals surface area contributed by atoms with Gasteiger partial charge in [-0.25, -0.2) is 0 Å². The summed E-state index contributed by atoms with van der Waals surface area (Å²) in [5.74, 6) is 3.05. The van der Waals surface area contributed by atoms with Gasteiger partial charge in [-0.1, -0.05) is 6.07 Å². The summed E-state index contributed by atoms with van der Waals surface area (Å²) in [6.45, 7) is 3.97. The average molecular weight is 497 g/mol. The van der Waals surface area contributed by atoms with Gasteiger partial charge in [0.05, 0.1) is 39.7 Å². The number of methoxy groups -OCH3 is 2. The molecule has 0 unspecified atom stereocenters. The highest BCUT2D eigenvalue weighted by atomic mass is 16.5. The van der Waals surface area contributed by atoms with Crippen molar-refractivity contribution in [3.05, 3.63) is 42.5 Å². The summed E-state index contributed by atoms with van der Waals surface area (Å²) in [6, 6.07) is 13.9. The van der Waals surface area contributed by atoms with E-state index in [0.717, 1.165) is 65.3 Å². The normalized spacial score (nSPS) is 11.3. The van der Waals surface area contributed by atoms with E-state index in [1.165, 1.54) is 0 Å². The van der Waals surface area contributed by atoms with E-state index in [9.17, 15) is 0 Å². The summed E-state index contributed by atoms with van der Waals surface area (Å²) in [7, 11) is 5.25. The van der Waals surface area contributed by atoms with Crippen LogP contribution in [0.4, 0.5) is 11.5 Å². The highest BCUT2D eigenvalue weighted by Gasteiger charge is 2.19. The van der Waals surface area contributed by atoms with Gasteiger partial charge in [-0.2, -0.15) is 0 Å². The van der Waals surface area contributed by atoms with Crippen molar-refractivity contribution in [1.82, 2.24) is 15.5 Å². The molecule has 0 aromatic heterocycles. The Labute approximate surface area is 211 Å². The highest BCUT2D eigenvalue weighted by molar-refractivity contribution is 6.05. The fourth-order valence-corrected chi connectivity index (χ4v) is 4.08. The van der Waals surface area contributed by atoms with Gasteiger partial charge in [-0.3, -0.25) is 10.2 Å². The van der Waals surface area contributed by atoms with Crippen molar-refractivity contribution in [2.24, 2.45) is 0 Å². The van der Waals surface area contributed by atoms with E-state index < -0.39 is 0 Å². The first kappa shape index (κ1) is 25.7. The maximum atomic E-state index is 5.87. The van der Waals surface area contributed by atoms with Gasteiger partial charge in [0.1, 0.15) is 18.2 Å². The molecule has 0 amide bonds. The monoisotopic (exact) mass is 496 g/mol. The van der Waals surface area contributed by atoms with E-state index in [1.54, 1.807) is 14.2 Å². The quantitative estimate of drug-likeness (QED) is 0.166. The maximum Gasteiger partial charge on any atom is 0.161 e. The summed E-state index contributed by atoms with van der Waals surface area (Å²) in [6.07, 6.45) is 2.19. The molecule has 0 fully saturated rings. The molecular weight excluding hydrogens is 460 g/mol. The standard InChI is InChI=1S/C27H36N4O5/c1-28-9-4-5-10-34-11-12-35-13-14-36-21-8-6-7-20(17-21)29-27-23-15-19-16-24(32-2)25(33-3)18-22(19)26(23)30-31-27/h6-8,15-18,28-31H,4-5,9-14H2,1-3H3. The number of rotatable bonds is 16. The molecule has 4 rings (SSSR count). The van der Waals surface area contributed by atoms with Crippen LogP contribution in [0, 0.1) is 0 Å². The van der Waals surface area contributed by atoms with E-state index in [-0.39, 0.29) is 0 Å². The average Bonchev–Trinajstić information content (AvgIpc) is 3.45. The van der Waals surface area contributed by atoms with Crippen LogP contribution in [0.2, 0.25) is 0 Å². The molecule has 194 valence electrons. The highest BCUT2D eigenvalue weighted by Crippen LogP contribution is 2.42. The van der Waals surface area contributed by atoms with Crippen molar-refractivity contribution in [3.63, 3.8) is 0 Å². The fraction of sp³-hybridized carbons (Fsp3) is 0.407. The molecule has 1 aliphatic heterocycles. The molecule has 0 spiro atoms. The number of H-pyrrole nitrogens is 2. The second-order valence-electron chi connectivity index (χ2n) is 8.39. The van der Waals surface area contributed by atoms with Crippen LogP contribution in [0.5, 0.6) is 17.2 Å². The third-order valence-electron chi connectivity index (χ3n) is 5.91. The minimum absolute atomic E-state index is 0.476. The minimum Gasteiger partial charge on any atom is -0.493 e. The molecule has 2 aromatic carbocycles. The van der Waals surface area contributed by atoms with Gasteiger partial charge in [0, 0.05) is 29.3 Å². The lowest BCUT2D eigenvalue weighted by Gasteiger charge is -2.10. The van der Waals surface area contributed by atoms with Crippen molar-refractivity contribution in [2.45, 2.75) is 12.8 Å². The van der Waals surface area contributed by atoms with Crippen molar-refractivity contribution in [3.8, 4) is 28.5 Å². The van der Waals surface area contributed by atoms with Gasteiger partial charge in [-0.05, 0) is 62.2 Å². The molecule has 1 aliphatic carbocycles. The first-order chi connectivity index (χ1) is 17.7. The van der Waals surface area contributed by atoms with Gasteiger partial charge in [0.15, 0.2) is 11.5 Å². The molecule has 1 heterocycles. The Kier molecular flexibility index (Phi) is 9.32. The van der Waals surface area contributed by atoms with Crippen molar-refractivity contribution in [1.29, 1.82) is 0 Å². The lowest BCUT2D eigenvalue weighted by molar-refractivity contribution is 0.0354.